The summed E-state index contributed by atoms with van der Waals surface area (Å²) in [6, 6.07) is 0. The van der Waals surface area contributed by atoms with Gasteiger partial charge in [0.25, 0.3) is 0 Å². The number of hydrogen-bond donors (Lipinski definition) is 1. The van der Waals surface area contributed by atoms with E-state index in [1.54, 1.807) is 0 Å². The van der Waals surface area contributed by atoms with Crippen LogP contribution >= 0.6 is 0 Å². The molecule has 134 valence electrons. The molecule has 0 aromatic rings. The number of likely N-dealkylation sites (tertiary alicyclic amines) is 1. The van der Waals surface area contributed by atoms with Crippen molar-refractivity contribution in [2.75, 3.05) is 13.1 Å². The molecule has 1 aliphatic carbocycles. The van der Waals surface area contributed by atoms with Crippen molar-refractivity contribution in [1.29, 1.82) is 0 Å². The average molecular weight is 345 g/mol. The van der Waals surface area contributed by atoms with E-state index in [-0.39, 0.29) is 21.8 Å². The van der Waals surface area contributed by atoms with Gasteiger partial charge in [-0.1, -0.05) is 0 Å². The van der Waals surface area contributed by atoms with Crippen molar-refractivity contribution >= 4 is 17.5 Å². The summed E-state index contributed by atoms with van der Waals surface area (Å²) < 4.78 is 21.1. The van der Waals surface area contributed by atoms with Gasteiger partial charge in [-0.3, -0.25) is 0 Å². The van der Waals surface area contributed by atoms with Crippen LogP contribution in [0.2, 0.25) is 0 Å². The Bertz CT molecular complexity index is 471. The quantitative estimate of drug-likeness (QED) is 0.781. The number of nitrogens with one attached hydrogen (secondary N) is 1. The van der Waals surface area contributed by atoms with E-state index in [1.807, 2.05) is 46.4 Å². The molecule has 1 N–H and O–H groups in total. The third-order valence-electron chi connectivity index (χ3n) is 5.15. The summed E-state index contributed by atoms with van der Waals surface area (Å²) in [5, 5.41) is 0. The fourth-order valence-corrected chi connectivity index (χ4v) is 4.41. The average Bonchev–Trinajstić information content (AvgIpc) is 2.82. The van der Waals surface area contributed by atoms with Gasteiger partial charge < -0.3 is 14.2 Å². The highest BCUT2D eigenvalue weighted by Gasteiger charge is 2.62. The largest absolute Gasteiger partial charge is 0.598 e. The normalized spacial score (nSPS) is 32.8. The Kier molecular flexibility index (Phi) is 4.77. The molecule has 6 heteroatoms. The molecule has 1 spiro atoms. The van der Waals surface area contributed by atoms with Crippen molar-refractivity contribution in [2.24, 2.45) is 5.41 Å². The fraction of sp³-hybridized carbons (Fsp3) is 0.941. The minimum atomic E-state index is -1.10. The third-order valence-corrected chi connectivity index (χ3v) is 6.90. The van der Waals surface area contributed by atoms with Crippen LogP contribution in [0.25, 0.3) is 0 Å². The van der Waals surface area contributed by atoms with Gasteiger partial charge in [0.1, 0.15) is 10.3 Å². The van der Waals surface area contributed by atoms with Gasteiger partial charge in [-0.15, -0.1) is 4.72 Å². The first-order valence-corrected chi connectivity index (χ1v) is 9.61. The van der Waals surface area contributed by atoms with E-state index in [2.05, 4.69) is 11.6 Å². The van der Waals surface area contributed by atoms with Crippen LogP contribution in [0.4, 0.5) is 4.79 Å². The highest BCUT2D eigenvalue weighted by molar-refractivity contribution is 7.90. The molecule has 0 bridgehead atoms. The van der Waals surface area contributed by atoms with Crippen molar-refractivity contribution in [3.8, 4) is 0 Å². The number of nitrogens with zero attached hydrogens (tertiary/aromatic N) is 1. The summed E-state index contributed by atoms with van der Waals surface area (Å²) in [5.74, 6) is 0. The second-order valence-corrected chi connectivity index (χ2v) is 11.2. The number of ether oxygens (including phenoxy) is 1. The predicted molar refractivity (Wildman–Crippen MR) is 93.5 cm³/mol. The van der Waals surface area contributed by atoms with E-state index in [0.29, 0.717) is 13.1 Å². The highest BCUT2D eigenvalue weighted by Crippen LogP contribution is 2.56. The molecule has 1 amide bonds. The summed E-state index contributed by atoms with van der Waals surface area (Å²) in [6.45, 7) is 15.2. The van der Waals surface area contributed by atoms with Crippen LogP contribution in [0.5, 0.6) is 0 Å². The molecule has 5 nitrogen and oxygen atoms in total. The van der Waals surface area contributed by atoms with Gasteiger partial charge in [0.15, 0.2) is 0 Å². The summed E-state index contributed by atoms with van der Waals surface area (Å²) in [7, 11) is 0. The zero-order valence-corrected chi connectivity index (χ0v) is 16.4. The first-order valence-electron chi connectivity index (χ1n) is 8.46. The third kappa shape index (κ3) is 3.80. The monoisotopic (exact) mass is 344 g/mol. The molecule has 1 aliphatic heterocycles. The minimum absolute atomic E-state index is 0.0187. The molecular weight excluding hydrogens is 312 g/mol. The Hall–Kier alpha value is -0.460. The number of rotatable bonds is 2. The lowest BCUT2D eigenvalue weighted by Crippen LogP contribution is -2.67. The topological polar surface area (TPSA) is 64.6 Å². The van der Waals surface area contributed by atoms with Crippen LogP contribution in [-0.2, 0) is 16.1 Å². The fourth-order valence-electron chi connectivity index (χ4n) is 3.38. The minimum Gasteiger partial charge on any atom is -0.598 e. The van der Waals surface area contributed by atoms with Crippen LogP contribution < -0.4 is 4.72 Å². The van der Waals surface area contributed by atoms with Gasteiger partial charge in [0.2, 0.25) is 0 Å². The van der Waals surface area contributed by atoms with E-state index in [9.17, 15) is 9.35 Å². The lowest BCUT2D eigenvalue weighted by molar-refractivity contribution is -0.00363. The maximum atomic E-state index is 12.5. The first kappa shape index (κ1) is 18.9. The van der Waals surface area contributed by atoms with Crippen LogP contribution in [0, 0.1) is 5.41 Å². The van der Waals surface area contributed by atoms with Crippen molar-refractivity contribution in [2.45, 2.75) is 83.6 Å². The lowest BCUT2D eigenvalue weighted by atomic mass is 9.55. The smallest absolute Gasteiger partial charge is 0.410 e. The zero-order valence-electron chi connectivity index (χ0n) is 15.6. The molecule has 3 atom stereocenters. The Morgan fingerprint density at radius 2 is 1.78 bits per heavy atom. The molecule has 2 rings (SSSR count). The number of carbonyl (C=O) groups excluding carboxylic acids is 1. The van der Waals surface area contributed by atoms with E-state index < -0.39 is 17.0 Å². The molecule has 2 unspecified atom stereocenters. The Morgan fingerprint density at radius 1 is 1.17 bits per heavy atom. The van der Waals surface area contributed by atoms with Gasteiger partial charge >= 0.3 is 6.09 Å². The zero-order chi connectivity index (χ0) is 17.7. The SMILES string of the molecule is CC(C)(C)OC(=O)N1CC[C@@]2(CCC2(C)N[S+]([O-])C(C)(C)C)C1. The molecule has 2 fully saturated rings. The number of amides is 1. The standard InChI is InChI=1S/C17H32N2O3S/c1-14(2,3)22-13(20)19-11-10-17(12-19)9-8-16(17,7)18-23(21)15(4,5)6/h18H,8-12H2,1-7H3/t16?,17-,23?/m0/s1. The van der Waals surface area contributed by atoms with Gasteiger partial charge in [-0.05, 0) is 67.7 Å². The van der Waals surface area contributed by atoms with Crippen molar-refractivity contribution in [1.82, 2.24) is 9.62 Å². The second-order valence-electron chi connectivity index (χ2n) is 9.25. The second kappa shape index (κ2) is 5.81. The highest BCUT2D eigenvalue weighted by atomic mass is 32.2. The molecule has 1 saturated carbocycles. The molecule has 23 heavy (non-hydrogen) atoms. The maximum Gasteiger partial charge on any atom is 0.410 e. The van der Waals surface area contributed by atoms with Crippen molar-refractivity contribution < 1.29 is 14.1 Å². The van der Waals surface area contributed by atoms with E-state index >= 15 is 0 Å². The Morgan fingerprint density at radius 3 is 2.22 bits per heavy atom. The van der Waals surface area contributed by atoms with E-state index in [4.69, 9.17) is 4.74 Å². The van der Waals surface area contributed by atoms with Gasteiger partial charge in [0, 0.05) is 29.9 Å². The lowest BCUT2D eigenvalue weighted by Gasteiger charge is -2.55. The summed E-state index contributed by atoms with van der Waals surface area (Å²) in [5.41, 5.74) is -0.631. The summed E-state index contributed by atoms with van der Waals surface area (Å²) in [6.07, 6.45) is 2.77. The summed E-state index contributed by atoms with van der Waals surface area (Å²) in [4.78, 5) is 14.1. The molecule has 0 aromatic heterocycles. The molecule has 0 aromatic carbocycles. The van der Waals surface area contributed by atoms with Crippen molar-refractivity contribution in [3.05, 3.63) is 0 Å². The Labute approximate surface area is 143 Å². The van der Waals surface area contributed by atoms with Crippen LogP contribution in [0.1, 0.15) is 67.7 Å². The van der Waals surface area contributed by atoms with Gasteiger partial charge in [-0.2, -0.15) is 0 Å². The molecule has 0 radical (unpaired) electrons. The molecule has 1 saturated heterocycles. The molecular formula is C17H32N2O3S. The van der Waals surface area contributed by atoms with Crippen molar-refractivity contribution in [3.63, 3.8) is 0 Å². The van der Waals surface area contributed by atoms with Gasteiger partial charge in [0.05, 0.1) is 5.54 Å². The summed E-state index contributed by atoms with van der Waals surface area (Å²) >= 11 is -1.10. The molecule has 2 aliphatic rings. The van der Waals surface area contributed by atoms with E-state index in [0.717, 1.165) is 19.3 Å². The number of carbonyl (C=O) groups is 1. The van der Waals surface area contributed by atoms with Gasteiger partial charge in [-0.25, -0.2) is 4.79 Å². The first-order chi connectivity index (χ1) is 10.3. The molecule has 1 heterocycles. The van der Waals surface area contributed by atoms with Crippen LogP contribution in [0.3, 0.4) is 0 Å². The number of hydrogen-bond acceptors (Lipinski definition) is 4. The maximum absolute atomic E-state index is 12.5. The van der Waals surface area contributed by atoms with Crippen LogP contribution in [0.15, 0.2) is 0 Å². The Balaban J connectivity index is 2.03. The predicted octanol–water partition coefficient (Wildman–Crippen LogP) is 3.22. The van der Waals surface area contributed by atoms with E-state index in [1.165, 1.54) is 0 Å². The van der Waals surface area contributed by atoms with Crippen LogP contribution in [-0.4, -0.2) is 44.5 Å².